The van der Waals surface area contributed by atoms with Gasteiger partial charge in [0.1, 0.15) is 23.7 Å². The van der Waals surface area contributed by atoms with Gasteiger partial charge in [-0.2, -0.15) is 0 Å². The number of benzene rings is 1. The Labute approximate surface area is 184 Å². The van der Waals surface area contributed by atoms with E-state index >= 15 is 0 Å². The Morgan fingerprint density at radius 3 is 2.59 bits per heavy atom. The molecular formula is C22H25FN6O3. The molecule has 4 rings (SSSR count). The van der Waals surface area contributed by atoms with Crippen molar-refractivity contribution in [2.24, 2.45) is 0 Å². The number of aromatic nitrogens is 3. The minimum absolute atomic E-state index is 0.137. The van der Waals surface area contributed by atoms with E-state index in [0.29, 0.717) is 38.4 Å². The maximum atomic E-state index is 13.4. The zero-order chi connectivity index (χ0) is 22.5. The lowest BCUT2D eigenvalue weighted by Gasteiger charge is -2.34. The number of piperazine rings is 1. The molecule has 1 aromatic carbocycles. The number of imidazole rings is 1. The molecule has 3 aromatic rings. The number of esters is 1. The van der Waals surface area contributed by atoms with Crippen molar-refractivity contribution in [1.82, 2.24) is 29.7 Å². The van der Waals surface area contributed by atoms with Crippen LogP contribution < -0.4 is 5.32 Å². The number of nitrogens with one attached hydrogen (secondary N) is 1. The van der Waals surface area contributed by atoms with Crippen LogP contribution in [0.15, 0.2) is 42.6 Å². The number of carbonyl (C=O) groups is 2. The molecule has 0 radical (unpaired) electrons. The number of ether oxygens (including phenoxy) is 1. The van der Waals surface area contributed by atoms with Gasteiger partial charge in [-0.25, -0.2) is 19.2 Å². The van der Waals surface area contributed by atoms with Crippen molar-refractivity contribution >= 4 is 23.2 Å². The maximum Gasteiger partial charge on any atom is 0.325 e. The van der Waals surface area contributed by atoms with Crippen molar-refractivity contribution in [3.05, 3.63) is 54.2 Å². The molecule has 1 aliphatic heterocycles. The second kappa shape index (κ2) is 9.73. The van der Waals surface area contributed by atoms with Crippen LogP contribution in [0.4, 0.5) is 9.18 Å². The molecule has 0 spiro atoms. The lowest BCUT2D eigenvalue weighted by molar-refractivity contribution is -0.141. The van der Waals surface area contributed by atoms with E-state index in [2.05, 4.69) is 15.2 Å². The van der Waals surface area contributed by atoms with Crippen molar-refractivity contribution < 1.29 is 18.7 Å². The fourth-order valence-corrected chi connectivity index (χ4v) is 3.71. The molecule has 1 aliphatic rings. The molecule has 3 heterocycles. The summed E-state index contributed by atoms with van der Waals surface area (Å²) in [7, 11) is 0. The molecule has 168 valence electrons. The fourth-order valence-electron chi connectivity index (χ4n) is 3.71. The van der Waals surface area contributed by atoms with Gasteiger partial charge in [-0.15, -0.1) is 0 Å². The van der Waals surface area contributed by atoms with Gasteiger partial charge in [0, 0.05) is 38.1 Å². The number of hydrogen-bond acceptors (Lipinski definition) is 6. The lowest BCUT2D eigenvalue weighted by Crippen LogP contribution is -2.52. The average Bonchev–Trinajstić information content (AvgIpc) is 3.16. The Hall–Kier alpha value is -3.53. The van der Waals surface area contributed by atoms with E-state index in [1.54, 1.807) is 30.2 Å². The summed E-state index contributed by atoms with van der Waals surface area (Å²) in [4.78, 5) is 36.8. The largest absolute Gasteiger partial charge is 0.465 e. The minimum atomic E-state index is -0.451. The average molecular weight is 440 g/mol. The third-order valence-corrected chi connectivity index (χ3v) is 5.28. The molecule has 32 heavy (non-hydrogen) atoms. The topological polar surface area (TPSA) is 92.6 Å². The molecule has 0 aliphatic carbocycles. The van der Waals surface area contributed by atoms with Crippen LogP contribution in [0.2, 0.25) is 0 Å². The molecule has 9 nitrogen and oxygen atoms in total. The monoisotopic (exact) mass is 440 g/mol. The first-order chi connectivity index (χ1) is 15.5. The van der Waals surface area contributed by atoms with Gasteiger partial charge in [-0.1, -0.05) is 0 Å². The Morgan fingerprint density at radius 2 is 1.88 bits per heavy atom. The lowest BCUT2D eigenvalue weighted by atomic mass is 10.3. The number of hydrogen-bond donors (Lipinski definition) is 1. The number of rotatable bonds is 6. The zero-order valence-electron chi connectivity index (χ0n) is 17.8. The number of urea groups is 1. The second-order valence-electron chi connectivity index (χ2n) is 7.41. The Balaban J connectivity index is 1.43. The van der Waals surface area contributed by atoms with Crippen molar-refractivity contribution in [3.8, 4) is 5.69 Å². The third kappa shape index (κ3) is 4.86. The van der Waals surface area contributed by atoms with Gasteiger partial charge in [0.2, 0.25) is 0 Å². The number of amides is 2. The molecule has 1 saturated heterocycles. The van der Waals surface area contributed by atoms with Crippen molar-refractivity contribution in [2.75, 3.05) is 39.3 Å². The summed E-state index contributed by atoms with van der Waals surface area (Å²) in [5, 5.41) is 2.59. The van der Waals surface area contributed by atoms with E-state index in [0.717, 1.165) is 17.0 Å². The summed E-state index contributed by atoms with van der Waals surface area (Å²) in [6, 6.07) is 9.71. The summed E-state index contributed by atoms with van der Waals surface area (Å²) in [5.74, 6) is 0.0448. The van der Waals surface area contributed by atoms with Crippen LogP contribution in [0.5, 0.6) is 0 Å². The predicted molar refractivity (Wildman–Crippen MR) is 116 cm³/mol. The first-order valence-electron chi connectivity index (χ1n) is 10.5. The highest BCUT2D eigenvalue weighted by atomic mass is 19.1. The van der Waals surface area contributed by atoms with Gasteiger partial charge < -0.3 is 15.0 Å². The van der Waals surface area contributed by atoms with E-state index in [-0.39, 0.29) is 25.0 Å². The normalized spacial score (nSPS) is 14.5. The van der Waals surface area contributed by atoms with Crippen LogP contribution in [-0.4, -0.2) is 75.7 Å². The summed E-state index contributed by atoms with van der Waals surface area (Å²) in [6.07, 6.45) is 1.71. The molecule has 0 unspecified atom stereocenters. The van der Waals surface area contributed by atoms with Crippen LogP contribution in [0.1, 0.15) is 12.7 Å². The Morgan fingerprint density at radius 1 is 1.12 bits per heavy atom. The van der Waals surface area contributed by atoms with Gasteiger partial charge in [0.05, 0.1) is 13.2 Å². The molecular weight excluding hydrogens is 415 g/mol. The molecule has 10 heteroatoms. The van der Waals surface area contributed by atoms with Crippen molar-refractivity contribution in [1.29, 1.82) is 0 Å². The molecule has 0 saturated carbocycles. The van der Waals surface area contributed by atoms with E-state index in [1.807, 2.05) is 16.7 Å². The molecule has 1 N–H and O–H groups in total. The van der Waals surface area contributed by atoms with Crippen molar-refractivity contribution in [3.63, 3.8) is 0 Å². The van der Waals surface area contributed by atoms with Gasteiger partial charge in [-0.05, 0) is 43.3 Å². The molecule has 2 aromatic heterocycles. The number of pyridine rings is 1. The fraction of sp³-hybridized carbons (Fsp3) is 0.364. The summed E-state index contributed by atoms with van der Waals surface area (Å²) in [6.45, 7) is 4.81. The Kier molecular flexibility index (Phi) is 6.60. The van der Waals surface area contributed by atoms with E-state index in [9.17, 15) is 14.0 Å². The zero-order valence-corrected chi connectivity index (χ0v) is 17.8. The van der Waals surface area contributed by atoms with E-state index < -0.39 is 5.97 Å². The third-order valence-electron chi connectivity index (χ3n) is 5.28. The van der Waals surface area contributed by atoms with Gasteiger partial charge in [0.25, 0.3) is 0 Å². The Bertz CT molecular complexity index is 1090. The van der Waals surface area contributed by atoms with Gasteiger partial charge >= 0.3 is 12.0 Å². The van der Waals surface area contributed by atoms with E-state index in [4.69, 9.17) is 9.72 Å². The quantitative estimate of drug-likeness (QED) is 0.589. The number of halogens is 1. The maximum absolute atomic E-state index is 13.4. The smallest absolute Gasteiger partial charge is 0.325 e. The highest BCUT2D eigenvalue weighted by molar-refractivity contribution is 5.81. The molecule has 0 bridgehead atoms. The van der Waals surface area contributed by atoms with Crippen LogP contribution in [-0.2, 0) is 16.1 Å². The highest BCUT2D eigenvalue weighted by Crippen LogP contribution is 2.21. The summed E-state index contributed by atoms with van der Waals surface area (Å²) >= 11 is 0. The van der Waals surface area contributed by atoms with Crippen LogP contribution in [0, 0.1) is 5.82 Å². The SMILES string of the molecule is CCOC(=O)CNC(=O)N1CCN(Cc2nc3cccnc3n2-c2ccc(F)cc2)CC1. The second-order valence-corrected chi connectivity index (χ2v) is 7.41. The van der Waals surface area contributed by atoms with Crippen LogP contribution >= 0.6 is 0 Å². The first-order valence-corrected chi connectivity index (χ1v) is 10.5. The van der Waals surface area contributed by atoms with Gasteiger partial charge in [-0.3, -0.25) is 14.3 Å². The van der Waals surface area contributed by atoms with Crippen LogP contribution in [0.25, 0.3) is 16.9 Å². The van der Waals surface area contributed by atoms with Crippen LogP contribution in [0.3, 0.4) is 0 Å². The first kappa shape index (κ1) is 21.7. The molecule has 1 fully saturated rings. The number of fused-ring (bicyclic) bond motifs is 1. The highest BCUT2D eigenvalue weighted by Gasteiger charge is 2.23. The molecule has 2 amide bonds. The summed E-state index contributed by atoms with van der Waals surface area (Å²) in [5.41, 5.74) is 2.27. The number of nitrogens with zero attached hydrogens (tertiary/aromatic N) is 5. The standard InChI is InChI=1S/C22H25FN6O3/c1-2-32-20(30)14-25-22(31)28-12-10-27(11-13-28)15-19-26-18-4-3-9-24-21(18)29(19)17-7-5-16(23)6-8-17/h3-9H,2,10-15H2,1H3,(H,25,31). The van der Waals surface area contributed by atoms with E-state index in [1.165, 1.54) is 12.1 Å². The number of carbonyl (C=O) groups excluding carboxylic acids is 2. The van der Waals surface area contributed by atoms with Gasteiger partial charge in [0.15, 0.2) is 5.65 Å². The molecule has 0 atom stereocenters. The summed E-state index contributed by atoms with van der Waals surface area (Å²) < 4.78 is 20.2. The van der Waals surface area contributed by atoms with Crippen molar-refractivity contribution in [2.45, 2.75) is 13.5 Å². The predicted octanol–water partition coefficient (Wildman–Crippen LogP) is 1.95. The minimum Gasteiger partial charge on any atom is -0.465 e.